The lowest BCUT2D eigenvalue weighted by Crippen LogP contribution is -2.48. The minimum absolute atomic E-state index is 0.0926. The molecule has 0 fully saturated rings. The average Bonchev–Trinajstić information content (AvgIpc) is 2.63. The second-order valence-electron chi connectivity index (χ2n) is 5.79. The Labute approximate surface area is 164 Å². The molecule has 0 saturated carbocycles. The third kappa shape index (κ3) is 6.54. The molecule has 0 heterocycles. The molecule has 0 aromatic heterocycles. The Hall–Kier alpha value is -2.31. The van der Waals surface area contributed by atoms with Crippen LogP contribution in [0.3, 0.4) is 0 Å². The van der Waals surface area contributed by atoms with Crippen molar-refractivity contribution in [3.05, 3.63) is 64.2 Å². The van der Waals surface area contributed by atoms with Crippen LogP contribution in [0, 0.1) is 13.8 Å². The molecule has 2 aromatic carbocycles. The van der Waals surface area contributed by atoms with E-state index in [1.807, 2.05) is 56.3 Å². The molecule has 0 bridgehead atoms. The van der Waals surface area contributed by atoms with Crippen LogP contribution in [-0.2, 0) is 11.2 Å². The number of amides is 1. The molecule has 0 unspecified atom stereocenters. The number of halogens is 1. The predicted octanol–water partition coefficient (Wildman–Crippen LogP) is 3.07. The van der Waals surface area contributed by atoms with E-state index in [1.54, 1.807) is 0 Å². The van der Waals surface area contributed by atoms with Crippen molar-refractivity contribution in [1.29, 1.82) is 0 Å². The van der Waals surface area contributed by atoms with Crippen LogP contribution in [0.4, 0.5) is 0 Å². The van der Waals surface area contributed by atoms with Crippen LogP contribution in [0.2, 0.25) is 5.02 Å². The van der Waals surface area contributed by atoms with Crippen LogP contribution in [-0.4, -0.2) is 24.2 Å². The second kappa shape index (κ2) is 9.99. The van der Waals surface area contributed by atoms with Gasteiger partial charge in [0.25, 0.3) is 5.91 Å². The molecule has 5 nitrogen and oxygen atoms in total. The molecule has 0 aliphatic heterocycles. The lowest BCUT2D eigenvalue weighted by molar-refractivity contribution is -0.123. The van der Waals surface area contributed by atoms with E-state index in [0.717, 1.165) is 23.1 Å². The smallest absolute Gasteiger partial charge is 0.276 e. The van der Waals surface area contributed by atoms with Crippen LogP contribution in [0.1, 0.15) is 16.7 Å². The molecule has 0 aliphatic rings. The van der Waals surface area contributed by atoms with E-state index >= 15 is 0 Å². The molecule has 26 heavy (non-hydrogen) atoms. The van der Waals surface area contributed by atoms with E-state index in [9.17, 15) is 4.79 Å². The van der Waals surface area contributed by atoms with E-state index in [-0.39, 0.29) is 12.5 Å². The van der Waals surface area contributed by atoms with Gasteiger partial charge in [0.05, 0.1) is 0 Å². The Morgan fingerprint density at radius 2 is 1.85 bits per heavy atom. The lowest BCUT2D eigenvalue weighted by atomic mass is 10.1. The summed E-state index contributed by atoms with van der Waals surface area (Å²) < 4.78 is 5.53. The van der Waals surface area contributed by atoms with Gasteiger partial charge in [0.1, 0.15) is 5.75 Å². The normalized spacial score (nSPS) is 10.1. The van der Waals surface area contributed by atoms with Gasteiger partial charge < -0.3 is 10.1 Å². The molecule has 138 valence electrons. The van der Waals surface area contributed by atoms with Gasteiger partial charge in [-0.15, -0.1) is 0 Å². The summed E-state index contributed by atoms with van der Waals surface area (Å²) >= 11 is 11.0. The molecule has 0 aliphatic carbocycles. The number of rotatable bonds is 6. The first-order valence-corrected chi connectivity index (χ1v) is 9.00. The standard InChI is InChI=1S/C19H22ClN3O2S/c1-13-4-3-5-17(14(13)2)25-12-18(24)22-23-19(26)21-11-10-15-6-8-16(20)9-7-15/h3-9H,10-12H2,1-2H3,(H,22,24)(H2,21,23,26). The van der Waals surface area contributed by atoms with Gasteiger partial charge in [-0.25, -0.2) is 0 Å². The van der Waals surface area contributed by atoms with E-state index in [4.69, 9.17) is 28.6 Å². The van der Waals surface area contributed by atoms with Gasteiger partial charge in [0, 0.05) is 11.6 Å². The molecule has 7 heteroatoms. The minimum atomic E-state index is -0.312. The minimum Gasteiger partial charge on any atom is -0.483 e. The molecular formula is C19H22ClN3O2S. The maximum atomic E-state index is 11.8. The summed E-state index contributed by atoms with van der Waals surface area (Å²) in [6, 6.07) is 13.4. The highest BCUT2D eigenvalue weighted by Gasteiger charge is 2.06. The zero-order chi connectivity index (χ0) is 18.9. The molecule has 0 atom stereocenters. The van der Waals surface area contributed by atoms with Crippen molar-refractivity contribution < 1.29 is 9.53 Å². The Bertz CT molecular complexity index is 766. The number of hydrogen-bond donors (Lipinski definition) is 3. The zero-order valence-corrected chi connectivity index (χ0v) is 16.3. The summed E-state index contributed by atoms with van der Waals surface area (Å²) in [5.41, 5.74) is 8.45. The molecular weight excluding hydrogens is 370 g/mol. The van der Waals surface area contributed by atoms with E-state index < -0.39 is 0 Å². The molecule has 0 radical (unpaired) electrons. The number of hydrazine groups is 1. The number of hydrogen-bond acceptors (Lipinski definition) is 3. The first-order valence-electron chi connectivity index (χ1n) is 8.22. The number of thiocarbonyl (C=S) groups is 1. The van der Waals surface area contributed by atoms with E-state index in [2.05, 4.69) is 16.2 Å². The van der Waals surface area contributed by atoms with Crippen molar-refractivity contribution in [3.8, 4) is 5.75 Å². The Morgan fingerprint density at radius 3 is 2.58 bits per heavy atom. The van der Waals surface area contributed by atoms with Crippen LogP contribution in [0.5, 0.6) is 5.75 Å². The van der Waals surface area contributed by atoms with E-state index in [0.29, 0.717) is 22.4 Å². The summed E-state index contributed by atoms with van der Waals surface area (Å²) in [6.07, 6.45) is 0.794. The van der Waals surface area contributed by atoms with Crippen LogP contribution in [0.25, 0.3) is 0 Å². The van der Waals surface area contributed by atoms with Crippen LogP contribution >= 0.6 is 23.8 Å². The average molecular weight is 392 g/mol. The number of carbonyl (C=O) groups excluding carboxylic acids is 1. The van der Waals surface area contributed by atoms with Crippen molar-refractivity contribution in [1.82, 2.24) is 16.2 Å². The molecule has 2 aromatic rings. The zero-order valence-electron chi connectivity index (χ0n) is 14.8. The number of ether oxygens (including phenoxy) is 1. The molecule has 3 N–H and O–H groups in total. The molecule has 0 saturated heterocycles. The highest BCUT2D eigenvalue weighted by atomic mass is 35.5. The fraction of sp³-hybridized carbons (Fsp3) is 0.263. The topological polar surface area (TPSA) is 62.4 Å². The molecule has 0 spiro atoms. The summed E-state index contributed by atoms with van der Waals surface area (Å²) in [5, 5.41) is 4.08. The maximum absolute atomic E-state index is 11.8. The largest absolute Gasteiger partial charge is 0.483 e. The van der Waals surface area contributed by atoms with Crippen molar-refractivity contribution >= 4 is 34.8 Å². The highest BCUT2D eigenvalue weighted by Crippen LogP contribution is 2.20. The predicted molar refractivity (Wildman–Crippen MR) is 108 cm³/mol. The molecule has 2 rings (SSSR count). The van der Waals surface area contributed by atoms with Crippen molar-refractivity contribution in [2.45, 2.75) is 20.3 Å². The van der Waals surface area contributed by atoms with Gasteiger partial charge >= 0.3 is 0 Å². The van der Waals surface area contributed by atoms with Gasteiger partial charge in [-0.05, 0) is 67.4 Å². The fourth-order valence-corrected chi connectivity index (χ4v) is 2.48. The summed E-state index contributed by atoms with van der Waals surface area (Å²) in [4.78, 5) is 11.8. The van der Waals surface area contributed by atoms with Gasteiger partial charge in [-0.2, -0.15) is 0 Å². The SMILES string of the molecule is Cc1cccc(OCC(=O)NNC(=S)NCCc2ccc(Cl)cc2)c1C. The van der Waals surface area contributed by atoms with Gasteiger partial charge in [-0.1, -0.05) is 35.9 Å². The number of nitrogens with one attached hydrogen (secondary N) is 3. The molecule has 1 amide bonds. The summed E-state index contributed by atoms with van der Waals surface area (Å²) in [5.74, 6) is 0.386. The van der Waals surface area contributed by atoms with Crippen molar-refractivity contribution in [2.24, 2.45) is 0 Å². The van der Waals surface area contributed by atoms with Gasteiger partial charge in [0.2, 0.25) is 0 Å². The maximum Gasteiger partial charge on any atom is 0.276 e. The summed E-state index contributed by atoms with van der Waals surface area (Å²) in [6.45, 7) is 4.51. The first kappa shape index (κ1) is 20.0. The quantitative estimate of drug-likeness (QED) is 0.521. The van der Waals surface area contributed by atoms with E-state index in [1.165, 1.54) is 0 Å². The lowest BCUT2D eigenvalue weighted by Gasteiger charge is -2.13. The highest BCUT2D eigenvalue weighted by molar-refractivity contribution is 7.80. The second-order valence-corrected chi connectivity index (χ2v) is 6.64. The monoisotopic (exact) mass is 391 g/mol. The van der Waals surface area contributed by atoms with Crippen LogP contribution in [0.15, 0.2) is 42.5 Å². The van der Waals surface area contributed by atoms with Gasteiger partial charge in [-0.3, -0.25) is 15.6 Å². The van der Waals surface area contributed by atoms with Crippen LogP contribution < -0.4 is 20.9 Å². The van der Waals surface area contributed by atoms with Crippen molar-refractivity contribution in [3.63, 3.8) is 0 Å². The number of benzene rings is 2. The number of carbonyl (C=O) groups is 1. The Balaban J connectivity index is 1.64. The van der Waals surface area contributed by atoms with Crippen molar-refractivity contribution in [2.75, 3.05) is 13.2 Å². The Kier molecular flexibility index (Phi) is 7.69. The fourth-order valence-electron chi connectivity index (χ4n) is 2.20. The third-order valence-electron chi connectivity index (χ3n) is 3.84. The Morgan fingerprint density at radius 1 is 1.12 bits per heavy atom. The third-order valence-corrected chi connectivity index (χ3v) is 4.34. The summed E-state index contributed by atoms with van der Waals surface area (Å²) in [7, 11) is 0. The number of aryl methyl sites for hydroxylation is 1. The first-order chi connectivity index (χ1) is 12.5. The van der Waals surface area contributed by atoms with Gasteiger partial charge in [0.15, 0.2) is 11.7 Å².